The van der Waals surface area contributed by atoms with E-state index in [9.17, 15) is 9.59 Å². The maximum Gasteiger partial charge on any atom is 0.290 e. The van der Waals surface area contributed by atoms with E-state index in [0.29, 0.717) is 22.1 Å². The van der Waals surface area contributed by atoms with Gasteiger partial charge in [0.15, 0.2) is 11.4 Å². The predicted molar refractivity (Wildman–Crippen MR) is 120 cm³/mol. The van der Waals surface area contributed by atoms with E-state index >= 15 is 0 Å². The monoisotopic (exact) mass is 420 g/mol. The molecule has 0 fully saturated rings. The molecule has 8 nitrogen and oxygen atoms in total. The third kappa shape index (κ3) is 2.70. The number of benzene rings is 2. The zero-order chi connectivity index (χ0) is 21.7. The molecule has 0 saturated carbocycles. The standard InChI is InChI=1S/C24H16N6O2/c31-23(21-19-11-5-13-29(19)17-9-3-1-7-15(17)25-21)27-28-24(32)22-20-12-6-14-30(20)18-10-4-2-8-16(18)26-22/h1-14H,(H,27,31)(H,28,32). The van der Waals surface area contributed by atoms with Crippen LogP contribution in [0.3, 0.4) is 0 Å². The lowest BCUT2D eigenvalue weighted by atomic mass is 10.2. The van der Waals surface area contributed by atoms with Gasteiger partial charge in [-0.25, -0.2) is 9.97 Å². The summed E-state index contributed by atoms with van der Waals surface area (Å²) in [5.74, 6) is -1.03. The molecular weight excluding hydrogens is 404 g/mol. The first kappa shape index (κ1) is 18.1. The summed E-state index contributed by atoms with van der Waals surface area (Å²) in [6, 6.07) is 22.4. The molecule has 4 aromatic heterocycles. The van der Waals surface area contributed by atoms with E-state index in [2.05, 4.69) is 20.8 Å². The molecule has 0 aliphatic rings. The highest BCUT2D eigenvalue weighted by Gasteiger charge is 2.18. The highest BCUT2D eigenvalue weighted by Crippen LogP contribution is 2.20. The minimum absolute atomic E-state index is 0.216. The molecular formula is C24H16N6O2. The van der Waals surface area contributed by atoms with Gasteiger partial charge in [0.25, 0.3) is 11.8 Å². The number of hydrogen-bond acceptors (Lipinski definition) is 4. The lowest BCUT2D eigenvalue weighted by Crippen LogP contribution is -2.42. The molecule has 0 radical (unpaired) electrons. The number of hydrazine groups is 1. The van der Waals surface area contributed by atoms with E-state index < -0.39 is 11.8 Å². The molecule has 6 rings (SSSR count). The summed E-state index contributed by atoms with van der Waals surface area (Å²) in [6.07, 6.45) is 3.74. The Hall–Kier alpha value is -4.72. The van der Waals surface area contributed by atoms with Crippen LogP contribution in [0.4, 0.5) is 0 Å². The van der Waals surface area contributed by atoms with Crippen molar-refractivity contribution in [1.29, 1.82) is 0 Å². The number of hydrogen-bond donors (Lipinski definition) is 2. The molecule has 32 heavy (non-hydrogen) atoms. The van der Waals surface area contributed by atoms with E-state index in [-0.39, 0.29) is 11.4 Å². The van der Waals surface area contributed by atoms with Crippen molar-refractivity contribution in [3.63, 3.8) is 0 Å². The van der Waals surface area contributed by atoms with Crippen LogP contribution >= 0.6 is 0 Å². The zero-order valence-corrected chi connectivity index (χ0v) is 16.7. The van der Waals surface area contributed by atoms with Crippen molar-refractivity contribution in [2.75, 3.05) is 0 Å². The molecule has 0 unspecified atom stereocenters. The van der Waals surface area contributed by atoms with Crippen LogP contribution in [0.5, 0.6) is 0 Å². The van der Waals surface area contributed by atoms with Crippen molar-refractivity contribution in [3.8, 4) is 0 Å². The number of rotatable bonds is 2. The Morgan fingerprint density at radius 1 is 0.562 bits per heavy atom. The van der Waals surface area contributed by atoms with Crippen molar-refractivity contribution in [3.05, 3.63) is 96.6 Å². The van der Waals surface area contributed by atoms with Gasteiger partial charge in [-0.2, -0.15) is 0 Å². The first-order valence-electron chi connectivity index (χ1n) is 10.0. The first-order valence-corrected chi connectivity index (χ1v) is 10.0. The Morgan fingerprint density at radius 2 is 0.969 bits per heavy atom. The smallest absolute Gasteiger partial charge is 0.290 e. The van der Waals surface area contributed by atoms with E-state index in [1.807, 2.05) is 94.0 Å². The fraction of sp³-hybridized carbons (Fsp3) is 0. The van der Waals surface area contributed by atoms with Gasteiger partial charge in [0.05, 0.1) is 33.1 Å². The number of aromatic nitrogens is 4. The van der Waals surface area contributed by atoms with Crippen molar-refractivity contribution in [1.82, 2.24) is 29.6 Å². The van der Waals surface area contributed by atoms with Crippen LogP contribution in [0.25, 0.3) is 33.1 Å². The van der Waals surface area contributed by atoms with Gasteiger partial charge in [0, 0.05) is 12.4 Å². The summed E-state index contributed by atoms with van der Waals surface area (Å²) in [5, 5.41) is 0. The molecule has 0 aliphatic heterocycles. The van der Waals surface area contributed by atoms with Gasteiger partial charge in [0.1, 0.15) is 0 Å². The van der Waals surface area contributed by atoms with Crippen LogP contribution in [0.15, 0.2) is 85.2 Å². The molecule has 154 valence electrons. The molecule has 6 aromatic rings. The van der Waals surface area contributed by atoms with Crippen LogP contribution in [-0.2, 0) is 0 Å². The number of para-hydroxylation sites is 4. The topological polar surface area (TPSA) is 92.8 Å². The maximum absolute atomic E-state index is 12.9. The summed E-state index contributed by atoms with van der Waals surface area (Å²) < 4.78 is 3.79. The average Bonchev–Trinajstić information content (AvgIpc) is 3.51. The van der Waals surface area contributed by atoms with Gasteiger partial charge in [-0.3, -0.25) is 20.4 Å². The molecule has 2 amide bonds. The van der Waals surface area contributed by atoms with Gasteiger partial charge < -0.3 is 8.80 Å². The van der Waals surface area contributed by atoms with Crippen LogP contribution in [0.2, 0.25) is 0 Å². The van der Waals surface area contributed by atoms with Gasteiger partial charge in [-0.15, -0.1) is 0 Å². The fourth-order valence-corrected chi connectivity index (χ4v) is 4.01. The van der Waals surface area contributed by atoms with Gasteiger partial charge in [-0.1, -0.05) is 24.3 Å². The highest BCUT2D eigenvalue weighted by atomic mass is 16.2. The maximum atomic E-state index is 12.9. The Labute approximate surface area is 181 Å². The Morgan fingerprint density at radius 3 is 1.44 bits per heavy atom. The molecule has 4 heterocycles. The normalized spacial score (nSPS) is 11.4. The first-order chi connectivity index (χ1) is 15.7. The SMILES string of the molecule is O=C(NNC(=O)c1nc2ccccc2n2cccc12)c1nc2ccccc2n2cccc12. The largest absolute Gasteiger partial charge is 0.313 e. The molecule has 2 N–H and O–H groups in total. The molecule has 0 atom stereocenters. The molecule has 0 bridgehead atoms. The summed E-state index contributed by atoms with van der Waals surface area (Å²) in [6.45, 7) is 0. The Balaban J connectivity index is 1.33. The Kier molecular flexibility index (Phi) is 3.91. The summed E-state index contributed by atoms with van der Waals surface area (Å²) in [5.41, 5.74) is 9.84. The number of carbonyl (C=O) groups is 2. The van der Waals surface area contributed by atoms with Crippen molar-refractivity contribution >= 4 is 44.9 Å². The number of nitrogens with one attached hydrogen (secondary N) is 2. The summed E-state index contributed by atoms with van der Waals surface area (Å²) >= 11 is 0. The lowest BCUT2D eigenvalue weighted by molar-refractivity contribution is 0.0843. The minimum atomic E-state index is -0.514. The van der Waals surface area contributed by atoms with E-state index in [1.54, 1.807) is 0 Å². The number of carbonyl (C=O) groups excluding carboxylic acids is 2. The number of fused-ring (bicyclic) bond motifs is 6. The third-order valence-electron chi connectivity index (χ3n) is 5.45. The van der Waals surface area contributed by atoms with E-state index in [4.69, 9.17) is 0 Å². The second-order valence-electron chi connectivity index (χ2n) is 7.33. The second kappa shape index (κ2) is 6.92. The Bertz CT molecular complexity index is 1550. The molecule has 2 aromatic carbocycles. The molecule has 0 saturated heterocycles. The quantitative estimate of drug-likeness (QED) is 0.420. The van der Waals surface area contributed by atoms with Gasteiger partial charge in [0.2, 0.25) is 0 Å². The number of nitrogens with zero attached hydrogens (tertiary/aromatic N) is 4. The number of amides is 2. The molecule has 0 aliphatic carbocycles. The van der Waals surface area contributed by atoms with E-state index in [0.717, 1.165) is 11.0 Å². The van der Waals surface area contributed by atoms with Gasteiger partial charge >= 0.3 is 0 Å². The van der Waals surface area contributed by atoms with Crippen LogP contribution in [-0.4, -0.2) is 30.6 Å². The zero-order valence-electron chi connectivity index (χ0n) is 16.7. The predicted octanol–water partition coefficient (Wildman–Crippen LogP) is 3.36. The van der Waals surface area contributed by atoms with Crippen LogP contribution in [0, 0.1) is 0 Å². The highest BCUT2D eigenvalue weighted by molar-refractivity contribution is 6.05. The van der Waals surface area contributed by atoms with Gasteiger partial charge in [-0.05, 0) is 48.5 Å². The summed E-state index contributed by atoms with van der Waals surface area (Å²) in [4.78, 5) is 34.9. The van der Waals surface area contributed by atoms with E-state index in [1.165, 1.54) is 0 Å². The molecule has 0 spiro atoms. The third-order valence-corrected chi connectivity index (χ3v) is 5.45. The average molecular weight is 420 g/mol. The lowest BCUT2D eigenvalue weighted by Gasteiger charge is -2.11. The van der Waals surface area contributed by atoms with Crippen LogP contribution < -0.4 is 10.9 Å². The fourth-order valence-electron chi connectivity index (χ4n) is 4.01. The summed E-state index contributed by atoms with van der Waals surface area (Å²) in [7, 11) is 0. The minimum Gasteiger partial charge on any atom is -0.313 e. The van der Waals surface area contributed by atoms with Crippen molar-refractivity contribution in [2.45, 2.75) is 0 Å². The van der Waals surface area contributed by atoms with Crippen molar-refractivity contribution in [2.24, 2.45) is 0 Å². The second-order valence-corrected chi connectivity index (χ2v) is 7.33. The molecule has 8 heteroatoms. The van der Waals surface area contributed by atoms with Crippen LogP contribution in [0.1, 0.15) is 21.0 Å². The van der Waals surface area contributed by atoms with Crippen molar-refractivity contribution < 1.29 is 9.59 Å².